The van der Waals surface area contributed by atoms with Crippen LogP contribution in [0.1, 0.15) is 0 Å². The smallest absolute Gasteiger partial charge is 0.265 e. The molecular weight excluding hydrogens is 211 g/mol. The van der Waals surface area contributed by atoms with E-state index >= 15 is 0 Å². The first-order chi connectivity index (χ1) is 3.71. The Labute approximate surface area is 61.5 Å². The quantitative estimate of drug-likeness (QED) is 0.499. The summed E-state index contributed by atoms with van der Waals surface area (Å²) in [6.07, 6.45) is 0. The fourth-order valence-electron chi connectivity index (χ4n) is 0.142. The third-order valence-corrected chi connectivity index (χ3v) is 3.41. The summed E-state index contributed by atoms with van der Waals surface area (Å²) in [6.45, 7) is 0. The highest BCUT2D eigenvalue weighted by Gasteiger charge is 2.04. The van der Waals surface area contributed by atoms with E-state index in [4.69, 9.17) is 4.55 Å². The standard InChI is InChI=1S/CH2Cl2O4S2/c2-8(4,5)1-9(3,6)7/h1H,(H,4,5). The van der Waals surface area contributed by atoms with E-state index in [2.05, 4.69) is 21.4 Å². The van der Waals surface area contributed by atoms with Gasteiger partial charge < -0.3 is 4.55 Å². The van der Waals surface area contributed by atoms with Crippen LogP contribution >= 0.6 is 21.4 Å². The van der Waals surface area contributed by atoms with Crippen LogP contribution in [-0.4, -0.2) is 21.9 Å². The summed E-state index contributed by atoms with van der Waals surface area (Å²) in [5.74, 6) is 0. The summed E-state index contributed by atoms with van der Waals surface area (Å²) in [5, 5.41) is 0. The molecule has 1 N–H and O–H groups in total. The number of halogens is 2. The molecule has 0 heterocycles. The minimum absolute atomic E-state index is 0.0386. The second-order valence-electron chi connectivity index (χ2n) is 1.07. The topological polar surface area (TPSA) is 71.4 Å². The van der Waals surface area contributed by atoms with Crippen molar-refractivity contribution >= 4 is 44.1 Å². The van der Waals surface area contributed by atoms with Crippen LogP contribution in [0, 0.1) is 0 Å². The molecule has 0 saturated carbocycles. The molecule has 0 aromatic rings. The summed E-state index contributed by atoms with van der Waals surface area (Å²) < 4.78 is 38.0. The van der Waals surface area contributed by atoms with Gasteiger partial charge in [0.25, 0.3) is 9.05 Å². The lowest BCUT2D eigenvalue weighted by molar-refractivity contribution is 0.576. The Balaban J connectivity index is 5.01. The van der Waals surface area contributed by atoms with Crippen molar-refractivity contribution in [3.8, 4) is 0 Å². The molecule has 0 rings (SSSR count). The van der Waals surface area contributed by atoms with Crippen LogP contribution < -0.4 is 0 Å². The molecule has 4 nitrogen and oxygen atoms in total. The lowest BCUT2D eigenvalue weighted by Crippen LogP contribution is -1.98. The van der Waals surface area contributed by atoms with Crippen molar-refractivity contribution in [3.05, 3.63) is 0 Å². The molecular formula is CH2Cl2O4S2. The molecule has 0 saturated heterocycles. The molecule has 0 amide bonds. The summed E-state index contributed by atoms with van der Waals surface area (Å²) in [6, 6.07) is 0. The highest BCUT2D eigenvalue weighted by Crippen LogP contribution is 1.98. The van der Waals surface area contributed by atoms with E-state index in [-0.39, 0.29) is 4.70 Å². The van der Waals surface area contributed by atoms with Gasteiger partial charge >= 0.3 is 0 Å². The van der Waals surface area contributed by atoms with Crippen LogP contribution in [0.25, 0.3) is 0 Å². The Morgan fingerprint density at radius 2 is 1.56 bits per heavy atom. The molecule has 0 aliphatic rings. The van der Waals surface area contributed by atoms with Gasteiger partial charge in [0.05, 0.1) is 0 Å². The first kappa shape index (κ1) is 9.51. The average Bonchev–Trinajstić information content (AvgIpc) is 1.14. The van der Waals surface area contributed by atoms with E-state index in [9.17, 15) is 12.6 Å². The first-order valence-electron chi connectivity index (χ1n) is 1.46. The Hall–Kier alpha value is 0.510. The van der Waals surface area contributed by atoms with E-state index in [0.29, 0.717) is 0 Å². The van der Waals surface area contributed by atoms with Gasteiger partial charge in [-0.2, -0.15) is 0 Å². The van der Waals surface area contributed by atoms with Gasteiger partial charge in [0, 0.05) is 21.4 Å². The first-order valence-corrected chi connectivity index (χ1v) is 6.24. The largest absolute Gasteiger partial charge is 0.301 e. The Kier molecular flexibility index (Phi) is 2.78. The normalized spacial score (nSPS) is 18.6. The number of hydrogen-bond acceptors (Lipinski definition) is 3. The van der Waals surface area contributed by atoms with E-state index in [0.717, 1.165) is 0 Å². The molecule has 8 heteroatoms. The molecule has 0 aromatic heterocycles. The molecule has 0 fully saturated rings. The van der Waals surface area contributed by atoms with Crippen molar-refractivity contribution in [2.75, 3.05) is 0 Å². The maximum absolute atomic E-state index is 10.0. The van der Waals surface area contributed by atoms with Crippen LogP contribution in [-0.2, 0) is 18.1 Å². The highest BCUT2D eigenvalue weighted by atomic mass is 35.7. The van der Waals surface area contributed by atoms with Gasteiger partial charge in [-0.3, -0.25) is 0 Å². The molecule has 0 aromatic carbocycles. The van der Waals surface area contributed by atoms with E-state index < -0.39 is 18.1 Å². The zero-order chi connectivity index (χ0) is 7.71. The monoisotopic (exact) mass is 212 g/mol. The third kappa shape index (κ3) is 8.51. The van der Waals surface area contributed by atoms with Gasteiger partial charge in [0.2, 0.25) is 0 Å². The van der Waals surface area contributed by atoms with Crippen molar-refractivity contribution in [1.29, 1.82) is 0 Å². The maximum Gasteiger partial charge on any atom is 0.265 e. The van der Waals surface area contributed by atoms with Crippen LogP contribution in [0.3, 0.4) is 0 Å². The predicted molar refractivity (Wildman–Crippen MR) is 37.5 cm³/mol. The zero-order valence-corrected chi connectivity index (χ0v) is 6.97. The molecule has 0 spiro atoms. The Bertz CT molecular complexity index is 285. The van der Waals surface area contributed by atoms with Gasteiger partial charge in [-0.05, 0) is 0 Å². The number of rotatable bonds is 1. The molecule has 56 valence electrons. The van der Waals surface area contributed by atoms with Gasteiger partial charge in [0.15, 0.2) is 9.02 Å². The summed E-state index contributed by atoms with van der Waals surface area (Å²) >= 11 is 0. The molecule has 0 aliphatic carbocycles. The molecule has 0 aliphatic heterocycles. The van der Waals surface area contributed by atoms with Gasteiger partial charge in [0.1, 0.15) is 4.70 Å². The molecule has 0 radical (unpaired) electrons. The van der Waals surface area contributed by atoms with Crippen LogP contribution in [0.4, 0.5) is 0 Å². The maximum atomic E-state index is 10.0. The van der Waals surface area contributed by atoms with E-state index in [1.807, 2.05) is 0 Å². The van der Waals surface area contributed by atoms with E-state index in [1.54, 1.807) is 0 Å². The molecule has 0 bridgehead atoms. The van der Waals surface area contributed by atoms with Crippen molar-refractivity contribution < 1.29 is 17.2 Å². The Morgan fingerprint density at radius 3 is 1.56 bits per heavy atom. The van der Waals surface area contributed by atoms with Crippen molar-refractivity contribution in [2.24, 2.45) is 0 Å². The number of hydrogen-bond donors (Lipinski definition) is 1. The van der Waals surface area contributed by atoms with Gasteiger partial charge in [-0.15, -0.1) is 0 Å². The van der Waals surface area contributed by atoms with E-state index in [1.165, 1.54) is 0 Å². The van der Waals surface area contributed by atoms with Gasteiger partial charge in [-0.25, -0.2) is 12.6 Å². The predicted octanol–water partition coefficient (Wildman–Crippen LogP) is 0.226. The van der Waals surface area contributed by atoms with Crippen molar-refractivity contribution in [1.82, 2.24) is 0 Å². The summed E-state index contributed by atoms with van der Waals surface area (Å²) in [5.41, 5.74) is 0. The average molecular weight is 213 g/mol. The summed E-state index contributed by atoms with van der Waals surface area (Å²) in [7, 11) is 1.10. The van der Waals surface area contributed by atoms with Gasteiger partial charge in [-0.1, -0.05) is 0 Å². The lowest BCUT2D eigenvalue weighted by Gasteiger charge is -1.84. The highest BCUT2D eigenvalue weighted by molar-refractivity contribution is 8.37. The minimum Gasteiger partial charge on any atom is -0.301 e. The Morgan fingerprint density at radius 1 is 1.22 bits per heavy atom. The molecule has 9 heavy (non-hydrogen) atoms. The molecule has 1 unspecified atom stereocenters. The third-order valence-electron chi connectivity index (χ3n) is 0.234. The fraction of sp³-hybridized carbons (Fsp3) is 0. The lowest BCUT2D eigenvalue weighted by atomic mass is 11.9. The second-order valence-corrected chi connectivity index (χ2v) is 6.40. The minimum atomic E-state index is -4.09. The summed E-state index contributed by atoms with van der Waals surface area (Å²) in [4.78, 5) is 0. The zero-order valence-electron chi connectivity index (χ0n) is 3.82. The van der Waals surface area contributed by atoms with Crippen LogP contribution in [0.15, 0.2) is 0 Å². The van der Waals surface area contributed by atoms with Crippen molar-refractivity contribution in [2.45, 2.75) is 0 Å². The van der Waals surface area contributed by atoms with Crippen LogP contribution in [0.2, 0.25) is 0 Å². The molecule has 1 atom stereocenters. The SMILES string of the molecule is O=S(=O)(Cl)C=S(=O)(O)Cl. The second kappa shape index (κ2) is 2.63. The van der Waals surface area contributed by atoms with Crippen molar-refractivity contribution in [3.63, 3.8) is 0 Å². The fourth-order valence-corrected chi connectivity index (χ4v) is 3.36. The van der Waals surface area contributed by atoms with Crippen LogP contribution in [0.5, 0.6) is 0 Å².